The van der Waals surface area contributed by atoms with E-state index in [-0.39, 0.29) is 5.91 Å². The second-order valence-electron chi connectivity index (χ2n) is 5.42. The predicted molar refractivity (Wildman–Crippen MR) is 101 cm³/mol. The highest BCUT2D eigenvalue weighted by molar-refractivity contribution is 8.00. The molecule has 0 bridgehead atoms. The number of nitrogens with two attached hydrogens (primary N) is 1. The van der Waals surface area contributed by atoms with E-state index in [1.165, 1.54) is 22.9 Å². The fourth-order valence-corrected chi connectivity index (χ4v) is 3.20. The number of thioether (sulfide) groups is 1. The molecule has 0 unspecified atom stereocenters. The topological polar surface area (TPSA) is 85.8 Å². The summed E-state index contributed by atoms with van der Waals surface area (Å²) >= 11 is 7.30. The van der Waals surface area contributed by atoms with E-state index in [0.717, 1.165) is 11.8 Å². The van der Waals surface area contributed by atoms with Gasteiger partial charge in [0, 0.05) is 11.3 Å². The third-order valence-electron chi connectivity index (χ3n) is 3.52. The van der Waals surface area contributed by atoms with Gasteiger partial charge in [0.25, 0.3) is 0 Å². The van der Waals surface area contributed by atoms with Gasteiger partial charge < -0.3 is 11.2 Å². The molecule has 1 atom stereocenters. The number of nitrogen functional groups attached to an aromatic ring is 1. The van der Waals surface area contributed by atoms with Crippen LogP contribution in [0.25, 0.3) is 11.4 Å². The second-order valence-corrected chi connectivity index (χ2v) is 7.13. The minimum Gasteiger partial charge on any atom is -0.335 e. The van der Waals surface area contributed by atoms with Crippen molar-refractivity contribution >= 4 is 35.0 Å². The Morgan fingerprint density at radius 2 is 2.04 bits per heavy atom. The Hall–Kier alpha value is -2.58. The molecule has 134 valence electrons. The molecule has 0 aliphatic carbocycles. The van der Waals surface area contributed by atoms with Crippen LogP contribution in [0, 0.1) is 5.82 Å². The number of hydrogen-bond acceptors (Lipinski definition) is 5. The zero-order valence-corrected chi connectivity index (χ0v) is 15.3. The lowest BCUT2D eigenvalue weighted by molar-refractivity contribution is -0.115. The molecule has 1 heterocycles. The summed E-state index contributed by atoms with van der Waals surface area (Å²) in [6, 6.07) is 12.8. The number of hydrogen-bond donors (Lipinski definition) is 2. The van der Waals surface area contributed by atoms with E-state index >= 15 is 0 Å². The quantitative estimate of drug-likeness (QED) is 0.513. The average molecular weight is 392 g/mol. The fourth-order valence-electron chi connectivity index (χ4n) is 2.21. The number of benzene rings is 2. The van der Waals surface area contributed by atoms with Crippen LogP contribution in [0.4, 0.5) is 10.1 Å². The Kier molecular flexibility index (Phi) is 5.43. The van der Waals surface area contributed by atoms with E-state index in [2.05, 4.69) is 15.5 Å². The third-order valence-corrected chi connectivity index (χ3v) is 4.91. The molecule has 3 N–H and O–H groups in total. The first kappa shape index (κ1) is 18.2. The van der Waals surface area contributed by atoms with Crippen molar-refractivity contribution in [2.75, 3.05) is 11.2 Å². The second kappa shape index (κ2) is 7.76. The van der Waals surface area contributed by atoms with Crippen molar-refractivity contribution < 1.29 is 9.18 Å². The fraction of sp³-hybridized carbons (Fsp3) is 0.118. The molecule has 1 amide bonds. The Morgan fingerprint density at radius 1 is 1.27 bits per heavy atom. The van der Waals surface area contributed by atoms with Crippen molar-refractivity contribution in [1.29, 1.82) is 0 Å². The van der Waals surface area contributed by atoms with E-state index < -0.39 is 11.1 Å². The molecule has 2 aromatic carbocycles. The molecule has 1 aromatic heterocycles. The normalized spacial score (nSPS) is 12.0. The summed E-state index contributed by atoms with van der Waals surface area (Å²) < 4.78 is 14.5. The molecule has 9 heteroatoms. The summed E-state index contributed by atoms with van der Waals surface area (Å²) in [6.07, 6.45) is 0. The van der Waals surface area contributed by atoms with Gasteiger partial charge in [-0.15, -0.1) is 10.2 Å². The number of nitrogens with zero attached hydrogens (tertiary/aromatic N) is 3. The van der Waals surface area contributed by atoms with Gasteiger partial charge in [-0.2, -0.15) is 0 Å². The first-order valence-electron chi connectivity index (χ1n) is 7.64. The number of rotatable bonds is 5. The van der Waals surface area contributed by atoms with Crippen LogP contribution in [0.15, 0.2) is 53.7 Å². The van der Waals surface area contributed by atoms with E-state index in [4.69, 9.17) is 17.4 Å². The molecule has 0 radical (unpaired) electrons. The molecular formula is C17H15ClFN5OS. The number of halogens is 2. The van der Waals surface area contributed by atoms with Crippen LogP contribution < -0.4 is 11.2 Å². The standard InChI is InChI=1S/C17H15ClFN5OS/c1-10(16(25)21-12-6-4-5-11(19)9-12)26-17-23-22-15(24(17)20)13-7-2-3-8-14(13)18/h2-10H,20H2,1H3,(H,21,25)/t10-/m0/s1. The molecule has 3 aromatic rings. The van der Waals surface area contributed by atoms with Gasteiger partial charge in [-0.1, -0.05) is 41.6 Å². The molecule has 0 saturated heterocycles. The molecule has 0 aliphatic heterocycles. The number of aromatic nitrogens is 3. The number of carbonyl (C=O) groups is 1. The van der Waals surface area contributed by atoms with Crippen LogP contribution in [0.2, 0.25) is 5.02 Å². The summed E-state index contributed by atoms with van der Waals surface area (Å²) in [5.74, 6) is 5.73. The van der Waals surface area contributed by atoms with E-state index in [0.29, 0.717) is 27.3 Å². The van der Waals surface area contributed by atoms with Gasteiger partial charge in [0.15, 0.2) is 5.82 Å². The monoisotopic (exact) mass is 391 g/mol. The number of nitrogens with one attached hydrogen (secondary N) is 1. The van der Waals surface area contributed by atoms with Gasteiger partial charge in [-0.3, -0.25) is 4.79 Å². The Balaban J connectivity index is 1.73. The van der Waals surface area contributed by atoms with Crippen molar-refractivity contribution in [2.24, 2.45) is 0 Å². The summed E-state index contributed by atoms with van der Waals surface area (Å²) in [5.41, 5.74) is 1.03. The van der Waals surface area contributed by atoms with Crippen LogP contribution >= 0.6 is 23.4 Å². The third kappa shape index (κ3) is 3.97. The molecule has 26 heavy (non-hydrogen) atoms. The number of amides is 1. The van der Waals surface area contributed by atoms with E-state index in [1.807, 2.05) is 6.07 Å². The molecule has 0 spiro atoms. The zero-order valence-electron chi connectivity index (χ0n) is 13.7. The van der Waals surface area contributed by atoms with Gasteiger partial charge >= 0.3 is 0 Å². The smallest absolute Gasteiger partial charge is 0.237 e. The van der Waals surface area contributed by atoms with Gasteiger partial charge in [0.1, 0.15) is 5.82 Å². The molecule has 0 fully saturated rings. The largest absolute Gasteiger partial charge is 0.335 e. The summed E-state index contributed by atoms with van der Waals surface area (Å²) in [6.45, 7) is 1.70. The molecule has 0 aliphatic rings. The van der Waals surface area contributed by atoms with Crippen molar-refractivity contribution in [2.45, 2.75) is 17.3 Å². The minimum absolute atomic E-state index is 0.303. The predicted octanol–water partition coefficient (Wildman–Crippen LogP) is 3.57. The molecule has 6 nitrogen and oxygen atoms in total. The van der Waals surface area contributed by atoms with Gasteiger partial charge in [-0.05, 0) is 37.3 Å². The van der Waals surface area contributed by atoms with E-state index in [9.17, 15) is 9.18 Å². The molecule has 0 saturated carbocycles. The highest BCUT2D eigenvalue weighted by Gasteiger charge is 2.21. The Morgan fingerprint density at radius 3 is 2.77 bits per heavy atom. The van der Waals surface area contributed by atoms with Gasteiger partial charge in [-0.25, -0.2) is 9.07 Å². The van der Waals surface area contributed by atoms with Gasteiger partial charge in [0.05, 0.1) is 10.3 Å². The number of anilines is 1. The first-order chi connectivity index (χ1) is 12.5. The zero-order chi connectivity index (χ0) is 18.7. The summed E-state index contributed by atoms with van der Waals surface area (Å²) in [4.78, 5) is 12.3. The van der Waals surface area contributed by atoms with E-state index in [1.54, 1.807) is 31.2 Å². The lowest BCUT2D eigenvalue weighted by Gasteiger charge is -2.11. The van der Waals surface area contributed by atoms with Gasteiger partial charge in [0.2, 0.25) is 11.1 Å². The van der Waals surface area contributed by atoms with Crippen molar-refractivity contribution in [3.05, 3.63) is 59.4 Å². The SMILES string of the molecule is C[C@H](Sc1nnc(-c2ccccc2Cl)n1N)C(=O)Nc1cccc(F)c1. The maximum atomic E-state index is 13.2. The van der Waals surface area contributed by atoms with Crippen molar-refractivity contribution in [1.82, 2.24) is 14.9 Å². The first-order valence-corrected chi connectivity index (χ1v) is 8.90. The lowest BCUT2D eigenvalue weighted by atomic mass is 10.2. The number of carbonyl (C=O) groups excluding carboxylic acids is 1. The molecular weight excluding hydrogens is 377 g/mol. The highest BCUT2D eigenvalue weighted by Crippen LogP contribution is 2.29. The van der Waals surface area contributed by atoms with Crippen LogP contribution in [0.1, 0.15) is 6.92 Å². The Bertz CT molecular complexity index is 948. The maximum Gasteiger partial charge on any atom is 0.237 e. The summed E-state index contributed by atoms with van der Waals surface area (Å²) in [5, 5.41) is 11.1. The van der Waals surface area contributed by atoms with Crippen LogP contribution in [-0.2, 0) is 4.79 Å². The summed E-state index contributed by atoms with van der Waals surface area (Å²) in [7, 11) is 0. The maximum absolute atomic E-state index is 13.2. The van der Waals surface area contributed by atoms with Crippen molar-refractivity contribution in [3.63, 3.8) is 0 Å². The van der Waals surface area contributed by atoms with Crippen LogP contribution in [-0.4, -0.2) is 26.0 Å². The average Bonchev–Trinajstić information content (AvgIpc) is 2.96. The highest BCUT2D eigenvalue weighted by atomic mass is 35.5. The minimum atomic E-state index is -0.524. The van der Waals surface area contributed by atoms with Crippen molar-refractivity contribution in [3.8, 4) is 11.4 Å². The Labute approximate surface area is 158 Å². The van der Waals surface area contributed by atoms with Crippen LogP contribution in [0.5, 0.6) is 0 Å². The molecule has 3 rings (SSSR count). The lowest BCUT2D eigenvalue weighted by Crippen LogP contribution is -2.23. The van der Waals surface area contributed by atoms with Crippen LogP contribution in [0.3, 0.4) is 0 Å².